The summed E-state index contributed by atoms with van der Waals surface area (Å²) in [6.45, 7) is 4.04. The lowest BCUT2D eigenvalue weighted by Crippen LogP contribution is -2.17. The van der Waals surface area contributed by atoms with Crippen molar-refractivity contribution in [2.75, 3.05) is 19.0 Å². The van der Waals surface area contributed by atoms with E-state index in [0.29, 0.717) is 4.91 Å². The molecule has 24 heavy (non-hydrogen) atoms. The van der Waals surface area contributed by atoms with E-state index in [-0.39, 0.29) is 11.1 Å². The number of thioether (sulfide) groups is 1. The van der Waals surface area contributed by atoms with Gasteiger partial charge in [-0.1, -0.05) is 0 Å². The minimum absolute atomic E-state index is 0.320. The Labute approximate surface area is 145 Å². The molecule has 1 saturated heterocycles. The van der Waals surface area contributed by atoms with E-state index in [9.17, 15) is 9.59 Å². The van der Waals surface area contributed by atoms with Gasteiger partial charge in [-0.3, -0.25) is 14.9 Å². The van der Waals surface area contributed by atoms with Crippen LogP contribution in [-0.2, 0) is 4.79 Å². The van der Waals surface area contributed by atoms with Crippen LogP contribution in [0.15, 0.2) is 35.2 Å². The lowest BCUT2D eigenvalue weighted by molar-refractivity contribution is -0.115. The van der Waals surface area contributed by atoms with Gasteiger partial charge < -0.3 is 9.47 Å². The molecule has 5 nitrogen and oxygen atoms in total. The lowest BCUT2D eigenvalue weighted by atomic mass is 10.2. The number of nitrogens with one attached hydrogen (secondary N) is 1. The molecule has 0 atom stereocenters. The molecule has 6 heteroatoms. The van der Waals surface area contributed by atoms with E-state index in [1.807, 2.05) is 34.0 Å². The van der Waals surface area contributed by atoms with Gasteiger partial charge in [-0.05, 0) is 67.6 Å². The van der Waals surface area contributed by atoms with Crippen LogP contribution in [0.3, 0.4) is 0 Å². The number of amides is 2. The maximum atomic E-state index is 11.7. The molecular weight excluding hydrogens is 322 g/mol. The highest BCUT2D eigenvalue weighted by Crippen LogP contribution is 2.29. The number of rotatable bonds is 3. The van der Waals surface area contributed by atoms with Crippen LogP contribution in [0.5, 0.6) is 0 Å². The Morgan fingerprint density at radius 3 is 2.33 bits per heavy atom. The molecule has 1 aliphatic rings. The number of anilines is 1. The molecule has 0 bridgehead atoms. The van der Waals surface area contributed by atoms with Gasteiger partial charge in [-0.25, -0.2) is 0 Å². The first-order chi connectivity index (χ1) is 11.4. The summed E-state index contributed by atoms with van der Waals surface area (Å²) in [6, 6.07) is 10.3. The maximum Gasteiger partial charge on any atom is 0.290 e. The minimum atomic E-state index is -0.329. The normalized spacial score (nSPS) is 15.9. The Bertz CT molecular complexity index is 848. The van der Waals surface area contributed by atoms with Crippen LogP contribution in [0, 0.1) is 13.8 Å². The largest absolute Gasteiger partial charge is 0.378 e. The molecule has 0 radical (unpaired) electrons. The second kappa shape index (κ2) is 6.20. The Morgan fingerprint density at radius 2 is 1.79 bits per heavy atom. The molecule has 2 aromatic rings. The zero-order chi connectivity index (χ0) is 17.4. The van der Waals surface area contributed by atoms with Crippen molar-refractivity contribution >= 4 is 34.7 Å². The van der Waals surface area contributed by atoms with E-state index in [1.54, 1.807) is 6.08 Å². The van der Waals surface area contributed by atoms with Crippen molar-refractivity contribution in [2.45, 2.75) is 13.8 Å². The van der Waals surface area contributed by atoms with Crippen LogP contribution in [0.1, 0.15) is 17.0 Å². The number of hydrogen-bond acceptors (Lipinski definition) is 4. The first-order valence-corrected chi connectivity index (χ1v) is 8.40. The summed E-state index contributed by atoms with van der Waals surface area (Å²) in [6.07, 6.45) is 1.78. The first kappa shape index (κ1) is 16.4. The Kier molecular flexibility index (Phi) is 4.24. The molecule has 1 aliphatic heterocycles. The summed E-state index contributed by atoms with van der Waals surface area (Å²) in [5.41, 5.74) is 5.26. The van der Waals surface area contributed by atoms with Crippen LogP contribution in [0.4, 0.5) is 10.5 Å². The molecule has 2 heterocycles. The number of aromatic nitrogens is 1. The summed E-state index contributed by atoms with van der Waals surface area (Å²) in [4.78, 5) is 25.5. The maximum absolute atomic E-state index is 11.7. The predicted octanol–water partition coefficient (Wildman–Crippen LogP) is 3.48. The van der Waals surface area contributed by atoms with Crippen molar-refractivity contribution in [1.29, 1.82) is 0 Å². The van der Waals surface area contributed by atoms with Gasteiger partial charge in [0, 0.05) is 36.9 Å². The summed E-state index contributed by atoms with van der Waals surface area (Å²) >= 11 is 0.940. The molecule has 0 saturated carbocycles. The second-order valence-corrected chi connectivity index (χ2v) is 6.94. The van der Waals surface area contributed by atoms with Crippen molar-refractivity contribution in [3.8, 4) is 5.69 Å². The average molecular weight is 341 g/mol. The Balaban J connectivity index is 1.99. The number of carbonyl (C=O) groups excluding carboxylic acids is 2. The van der Waals surface area contributed by atoms with Crippen LogP contribution in [0.2, 0.25) is 0 Å². The van der Waals surface area contributed by atoms with Crippen molar-refractivity contribution < 1.29 is 9.59 Å². The molecule has 3 rings (SSSR count). The van der Waals surface area contributed by atoms with Crippen LogP contribution in [-0.4, -0.2) is 29.8 Å². The molecule has 0 spiro atoms. The standard InChI is InChI=1S/C18H19N3O2S/c1-11-9-13(10-16-17(22)19-18(23)24-16)12(2)21(11)15-7-5-14(6-8-15)20(3)4/h5-10H,1-4H3,(H,19,22,23)/b16-10+. The smallest absolute Gasteiger partial charge is 0.290 e. The zero-order valence-corrected chi connectivity index (χ0v) is 14.9. The highest BCUT2D eigenvalue weighted by atomic mass is 32.2. The van der Waals surface area contributed by atoms with E-state index >= 15 is 0 Å². The van der Waals surface area contributed by atoms with Crippen molar-refractivity contribution in [3.63, 3.8) is 0 Å². The third kappa shape index (κ3) is 2.97. The Morgan fingerprint density at radius 1 is 1.12 bits per heavy atom. The molecule has 0 unspecified atom stereocenters. The van der Waals surface area contributed by atoms with Gasteiger partial charge in [0.1, 0.15) is 0 Å². The van der Waals surface area contributed by atoms with Crippen molar-refractivity contribution in [2.24, 2.45) is 0 Å². The van der Waals surface area contributed by atoms with Crippen LogP contribution >= 0.6 is 11.8 Å². The van der Waals surface area contributed by atoms with E-state index in [1.165, 1.54) is 0 Å². The number of imide groups is 1. The highest BCUT2D eigenvalue weighted by Gasteiger charge is 2.25. The summed E-state index contributed by atoms with van der Waals surface area (Å²) in [5.74, 6) is -0.329. The minimum Gasteiger partial charge on any atom is -0.378 e. The number of nitrogens with zero attached hydrogens (tertiary/aromatic N) is 2. The number of aryl methyl sites for hydroxylation is 1. The van der Waals surface area contributed by atoms with E-state index in [2.05, 4.69) is 39.0 Å². The van der Waals surface area contributed by atoms with E-state index < -0.39 is 0 Å². The Hall–Kier alpha value is -2.47. The molecule has 1 fully saturated rings. The van der Waals surface area contributed by atoms with Gasteiger partial charge >= 0.3 is 0 Å². The lowest BCUT2D eigenvalue weighted by Gasteiger charge is -2.14. The molecular formula is C18H19N3O2S. The van der Waals surface area contributed by atoms with Gasteiger partial charge in [0.2, 0.25) is 0 Å². The highest BCUT2D eigenvalue weighted by molar-refractivity contribution is 8.18. The first-order valence-electron chi connectivity index (χ1n) is 7.58. The molecule has 0 aliphatic carbocycles. The fourth-order valence-corrected chi connectivity index (χ4v) is 3.47. The van der Waals surface area contributed by atoms with Crippen LogP contribution in [0.25, 0.3) is 11.8 Å². The summed E-state index contributed by atoms with van der Waals surface area (Å²) in [7, 11) is 4.02. The van der Waals surface area contributed by atoms with Gasteiger partial charge in [-0.15, -0.1) is 0 Å². The van der Waals surface area contributed by atoms with Gasteiger partial charge in [0.25, 0.3) is 11.1 Å². The number of hydrogen-bond donors (Lipinski definition) is 1. The molecule has 1 aromatic carbocycles. The fourth-order valence-electron chi connectivity index (χ4n) is 2.79. The molecule has 2 amide bonds. The fraction of sp³-hybridized carbons (Fsp3) is 0.222. The topological polar surface area (TPSA) is 54.3 Å². The SMILES string of the molecule is Cc1cc(/C=C2/SC(=O)NC2=O)c(C)n1-c1ccc(N(C)C)cc1. The molecule has 1 aromatic heterocycles. The molecule has 124 valence electrons. The summed E-state index contributed by atoms with van der Waals surface area (Å²) in [5, 5.41) is 1.96. The second-order valence-electron chi connectivity index (χ2n) is 5.92. The van der Waals surface area contributed by atoms with E-state index in [0.717, 1.165) is 40.1 Å². The van der Waals surface area contributed by atoms with Crippen LogP contribution < -0.4 is 10.2 Å². The molecule has 1 N–H and O–H groups in total. The van der Waals surface area contributed by atoms with Crippen molar-refractivity contribution in [3.05, 3.63) is 52.2 Å². The third-order valence-electron chi connectivity index (χ3n) is 4.02. The average Bonchev–Trinajstić information content (AvgIpc) is 2.98. The monoisotopic (exact) mass is 341 g/mol. The summed E-state index contributed by atoms with van der Waals surface area (Å²) < 4.78 is 2.14. The number of carbonyl (C=O) groups is 2. The van der Waals surface area contributed by atoms with Gasteiger partial charge in [0.15, 0.2) is 0 Å². The van der Waals surface area contributed by atoms with Crippen molar-refractivity contribution in [1.82, 2.24) is 9.88 Å². The third-order valence-corrected chi connectivity index (χ3v) is 4.83. The van der Waals surface area contributed by atoms with E-state index in [4.69, 9.17) is 0 Å². The number of benzene rings is 1. The van der Waals surface area contributed by atoms with Gasteiger partial charge in [0.05, 0.1) is 4.91 Å². The predicted molar refractivity (Wildman–Crippen MR) is 98.7 cm³/mol. The quantitative estimate of drug-likeness (QED) is 0.869. The zero-order valence-electron chi connectivity index (χ0n) is 14.1. The van der Waals surface area contributed by atoms with Gasteiger partial charge in [-0.2, -0.15) is 0 Å².